The number of carbonyl (C=O) groups excluding carboxylic acids is 1. The number of anilines is 1. The lowest BCUT2D eigenvalue weighted by atomic mass is 9.88. The second kappa shape index (κ2) is 7.87. The van der Waals surface area contributed by atoms with Gasteiger partial charge in [0.15, 0.2) is 17.3 Å². The Morgan fingerprint density at radius 2 is 1.86 bits per heavy atom. The van der Waals surface area contributed by atoms with Crippen molar-refractivity contribution >= 4 is 11.8 Å². The third kappa shape index (κ3) is 3.63. The molecule has 0 saturated heterocycles. The first kappa shape index (κ1) is 18.9. The molecule has 1 aliphatic heterocycles. The molecule has 1 N–H and O–H groups in total. The van der Waals surface area contributed by atoms with Crippen LogP contribution in [0.15, 0.2) is 53.1 Å². The molecule has 150 valence electrons. The van der Waals surface area contributed by atoms with E-state index in [0.717, 1.165) is 16.7 Å². The van der Waals surface area contributed by atoms with Crippen molar-refractivity contribution in [3.63, 3.8) is 0 Å². The second-order valence-corrected chi connectivity index (χ2v) is 6.92. The Morgan fingerprint density at radius 1 is 1.14 bits per heavy atom. The molecule has 0 aliphatic carbocycles. The Kier molecular flexibility index (Phi) is 5.12. The van der Waals surface area contributed by atoms with Gasteiger partial charge in [0.25, 0.3) is 0 Å². The fraction of sp³-hybridized carbons (Fsp3) is 0.273. The van der Waals surface area contributed by atoms with Crippen LogP contribution in [-0.2, 0) is 6.42 Å². The van der Waals surface area contributed by atoms with Gasteiger partial charge >= 0.3 is 6.03 Å². The van der Waals surface area contributed by atoms with Gasteiger partial charge in [-0.1, -0.05) is 35.5 Å². The summed E-state index contributed by atoms with van der Waals surface area (Å²) in [6, 6.07) is 15.1. The van der Waals surface area contributed by atoms with Gasteiger partial charge in [0.1, 0.15) is 5.76 Å². The number of nitrogens with one attached hydrogen (secondary N) is 1. The second-order valence-electron chi connectivity index (χ2n) is 6.92. The summed E-state index contributed by atoms with van der Waals surface area (Å²) < 4.78 is 16.0. The maximum atomic E-state index is 13.1. The Morgan fingerprint density at radius 3 is 2.52 bits per heavy atom. The van der Waals surface area contributed by atoms with Crippen molar-refractivity contribution in [2.75, 3.05) is 26.1 Å². The van der Waals surface area contributed by atoms with Crippen molar-refractivity contribution in [2.24, 2.45) is 0 Å². The molecule has 2 amide bonds. The van der Waals surface area contributed by atoms with E-state index in [1.807, 2.05) is 47.4 Å². The minimum absolute atomic E-state index is 0.229. The first-order valence-corrected chi connectivity index (χ1v) is 9.41. The molecule has 0 radical (unpaired) electrons. The van der Waals surface area contributed by atoms with Crippen LogP contribution in [0.25, 0.3) is 0 Å². The zero-order chi connectivity index (χ0) is 20.4. The van der Waals surface area contributed by atoms with Crippen molar-refractivity contribution in [3.05, 3.63) is 71.0 Å². The van der Waals surface area contributed by atoms with Gasteiger partial charge in [0.05, 0.1) is 20.3 Å². The number of carbonyl (C=O) groups is 1. The maximum Gasteiger partial charge on any atom is 0.323 e. The SMILES string of the molecule is COc1cc2c(cc1OC)C(c1ccccc1)N(C(=O)Nc1cc(C)on1)CC2. The van der Waals surface area contributed by atoms with E-state index in [-0.39, 0.29) is 12.1 Å². The molecule has 2 aromatic carbocycles. The third-order valence-electron chi connectivity index (χ3n) is 5.11. The average Bonchev–Trinajstić information content (AvgIpc) is 3.16. The number of benzene rings is 2. The van der Waals surface area contributed by atoms with E-state index in [9.17, 15) is 4.79 Å². The van der Waals surface area contributed by atoms with Crippen molar-refractivity contribution < 1.29 is 18.8 Å². The van der Waals surface area contributed by atoms with E-state index in [1.165, 1.54) is 0 Å². The molecule has 1 aliphatic rings. The number of amides is 2. The molecule has 7 nitrogen and oxygen atoms in total. The van der Waals surface area contributed by atoms with Crippen LogP contribution in [-0.4, -0.2) is 36.9 Å². The molecular formula is C22H23N3O4. The van der Waals surface area contributed by atoms with Crippen molar-refractivity contribution in [2.45, 2.75) is 19.4 Å². The monoisotopic (exact) mass is 393 g/mol. The highest BCUT2D eigenvalue weighted by atomic mass is 16.5. The van der Waals surface area contributed by atoms with Gasteiger partial charge < -0.3 is 18.9 Å². The van der Waals surface area contributed by atoms with Gasteiger partial charge in [-0.05, 0) is 42.2 Å². The van der Waals surface area contributed by atoms with Gasteiger partial charge in [0.2, 0.25) is 0 Å². The van der Waals surface area contributed by atoms with Crippen molar-refractivity contribution in [3.8, 4) is 11.5 Å². The summed E-state index contributed by atoms with van der Waals surface area (Å²) in [5, 5.41) is 6.71. The molecule has 1 aromatic heterocycles. The highest BCUT2D eigenvalue weighted by molar-refractivity contribution is 5.89. The van der Waals surface area contributed by atoms with Crippen LogP contribution < -0.4 is 14.8 Å². The zero-order valence-corrected chi connectivity index (χ0v) is 16.6. The molecule has 2 heterocycles. The Labute approximate surface area is 169 Å². The first-order valence-electron chi connectivity index (χ1n) is 9.41. The number of aryl methyl sites for hydroxylation is 1. The van der Waals surface area contributed by atoms with Crippen molar-refractivity contribution in [1.29, 1.82) is 0 Å². The normalized spacial score (nSPS) is 15.6. The van der Waals surface area contributed by atoms with Gasteiger partial charge in [0, 0.05) is 12.6 Å². The summed E-state index contributed by atoms with van der Waals surface area (Å²) in [4.78, 5) is 14.9. The van der Waals surface area contributed by atoms with Crippen LogP contribution in [0.3, 0.4) is 0 Å². The van der Waals surface area contributed by atoms with Crippen LogP contribution in [0.5, 0.6) is 11.5 Å². The molecule has 0 saturated carbocycles. The number of hydrogen-bond donors (Lipinski definition) is 1. The van der Waals surface area contributed by atoms with Crippen LogP contribution >= 0.6 is 0 Å². The fourth-order valence-electron chi connectivity index (χ4n) is 3.77. The van der Waals surface area contributed by atoms with Crippen LogP contribution in [0, 0.1) is 6.92 Å². The van der Waals surface area contributed by atoms with E-state index in [0.29, 0.717) is 36.0 Å². The van der Waals surface area contributed by atoms with E-state index in [1.54, 1.807) is 27.2 Å². The predicted octanol–water partition coefficient (Wildman–Crippen LogP) is 4.18. The molecule has 29 heavy (non-hydrogen) atoms. The lowest BCUT2D eigenvalue weighted by Crippen LogP contribution is -2.43. The number of hydrogen-bond acceptors (Lipinski definition) is 5. The fourth-order valence-corrected chi connectivity index (χ4v) is 3.77. The highest BCUT2D eigenvalue weighted by Crippen LogP contribution is 2.41. The van der Waals surface area contributed by atoms with Crippen molar-refractivity contribution in [1.82, 2.24) is 10.1 Å². The number of urea groups is 1. The summed E-state index contributed by atoms with van der Waals surface area (Å²) in [5.41, 5.74) is 3.18. The number of ether oxygens (including phenoxy) is 2. The molecule has 4 rings (SSSR count). The van der Waals surface area contributed by atoms with Gasteiger partial charge in [-0.2, -0.15) is 0 Å². The molecule has 1 atom stereocenters. The molecule has 7 heteroatoms. The topological polar surface area (TPSA) is 76.8 Å². The number of methoxy groups -OCH3 is 2. The maximum absolute atomic E-state index is 13.1. The Hall–Kier alpha value is -3.48. The van der Waals surface area contributed by atoms with E-state index in [2.05, 4.69) is 10.5 Å². The van der Waals surface area contributed by atoms with Crippen LogP contribution in [0.1, 0.15) is 28.5 Å². The summed E-state index contributed by atoms with van der Waals surface area (Å²) in [6.45, 7) is 2.34. The van der Waals surface area contributed by atoms with Crippen LogP contribution in [0.4, 0.5) is 10.6 Å². The standard InChI is InChI=1S/C22H23N3O4/c1-14-11-20(24-29-14)23-22(26)25-10-9-16-12-18(27-2)19(28-3)13-17(16)21(25)15-7-5-4-6-8-15/h4-8,11-13,21H,9-10H2,1-3H3,(H,23,24,26). The molecule has 3 aromatic rings. The van der Waals surface area contributed by atoms with E-state index in [4.69, 9.17) is 14.0 Å². The van der Waals surface area contributed by atoms with Gasteiger partial charge in [-0.25, -0.2) is 4.79 Å². The number of aromatic nitrogens is 1. The van der Waals surface area contributed by atoms with E-state index >= 15 is 0 Å². The summed E-state index contributed by atoms with van der Waals surface area (Å²) in [7, 11) is 3.24. The summed E-state index contributed by atoms with van der Waals surface area (Å²) >= 11 is 0. The predicted molar refractivity (Wildman–Crippen MR) is 108 cm³/mol. The number of fused-ring (bicyclic) bond motifs is 1. The average molecular weight is 393 g/mol. The molecule has 1 unspecified atom stereocenters. The Bertz CT molecular complexity index is 1020. The number of nitrogens with zero attached hydrogens (tertiary/aromatic N) is 2. The minimum Gasteiger partial charge on any atom is -0.493 e. The van der Waals surface area contributed by atoms with E-state index < -0.39 is 0 Å². The lowest BCUT2D eigenvalue weighted by Gasteiger charge is -2.38. The number of rotatable bonds is 4. The first-order chi connectivity index (χ1) is 14.1. The van der Waals surface area contributed by atoms with Crippen LogP contribution in [0.2, 0.25) is 0 Å². The lowest BCUT2D eigenvalue weighted by molar-refractivity contribution is 0.193. The van der Waals surface area contributed by atoms with Gasteiger partial charge in [-0.15, -0.1) is 0 Å². The molecule has 0 bridgehead atoms. The molecule has 0 spiro atoms. The third-order valence-corrected chi connectivity index (χ3v) is 5.11. The molecule has 0 fully saturated rings. The highest BCUT2D eigenvalue weighted by Gasteiger charge is 2.33. The van der Waals surface area contributed by atoms with Gasteiger partial charge in [-0.3, -0.25) is 5.32 Å². The summed E-state index contributed by atoms with van der Waals surface area (Å²) in [5.74, 6) is 2.37. The quantitative estimate of drug-likeness (QED) is 0.720. The smallest absolute Gasteiger partial charge is 0.323 e. The molecular weight excluding hydrogens is 370 g/mol. The zero-order valence-electron chi connectivity index (χ0n) is 16.6. The Balaban J connectivity index is 1.75. The minimum atomic E-state index is -0.257. The summed E-state index contributed by atoms with van der Waals surface area (Å²) in [6.07, 6.45) is 0.713. The largest absolute Gasteiger partial charge is 0.493 e.